The molecule has 0 radical (unpaired) electrons. The summed E-state index contributed by atoms with van der Waals surface area (Å²) in [4.78, 5) is 60.0. The molecule has 1 atom stereocenters. The van der Waals surface area contributed by atoms with Crippen LogP contribution >= 0.6 is 0 Å². The van der Waals surface area contributed by atoms with Crippen molar-refractivity contribution in [2.45, 2.75) is 82.3 Å². The minimum Gasteiger partial charge on any atom is -0.497 e. The second kappa shape index (κ2) is 19.0. The van der Waals surface area contributed by atoms with Crippen LogP contribution in [0.15, 0.2) is 70.0 Å². The van der Waals surface area contributed by atoms with Crippen molar-refractivity contribution in [1.82, 2.24) is 45.0 Å². The predicted molar refractivity (Wildman–Crippen MR) is 249 cm³/mol. The number of methoxy groups -OCH3 is 1. The van der Waals surface area contributed by atoms with Gasteiger partial charge >= 0.3 is 5.69 Å². The zero-order valence-electron chi connectivity index (χ0n) is 38.9. The van der Waals surface area contributed by atoms with Crippen molar-refractivity contribution >= 4 is 34.6 Å². The molecule has 2 bridgehead atoms. The molecular formula is C50H53F3N10O7. The molecule has 5 heterocycles. The van der Waals surface area contributed by atoms with E-state index in [2.05, 4.69) is 35.8 Å². The Morgan fingerprint density at radius 1 is 0.886 bits per heavy atom. The molecule has 70 heavy (non-hydrogen) atoms. The fourth-order valence-electron chi connectivity index (χ4n) is 10.6. The van der Waals surface area contributed by atoms with E-state index in [-0.39, 0.29) is 42.0 Å². The van der Waals surface area contributed by atoms with Gasteiger partial charge < -0.3 is 24.2 Å². The average Bonchev–Trinajstić information content (AvgIpc) is 3.98. The largest absolute Gasteiger partial charge is 0.497 e. The Hall–Kier alpha value is -7.09. The van der Waals surface area contributed by atoms with Gasteiger partial charge in [0.05, 0.1) is 23.7 Å². The van der Waals surface area contributed by atoms with Crippen molar-refractivity contribution in [2.75, 3.05) is 51.3 Å². The molecule has 2 saturated heterocycles. The highest BCUT2D eigenvalue weighted by molar-refractivity contribution is 6.00. The van der Waals surface area contributed by atoms with Crippen LogP contribution in [-0.4, -0.2) is 98.5 Å². The molecule has 5 fully saturated rings. The molecule has 3 saturated carbocycles. The summed E-state index contributed by atoms with van der Waals surface area (Å²) < 4.78 is 64.5. The molecule has 2 aliphatic heterocycles. The smallest absolute Gasteiger partial charge is 0.329 e. The number of hydrogen-bond donors (Lipinski definition) is 2. The molecule has 11 rings (SSSR count). The second-order valence-electron chi connectivity index (χ2n) is 19.1. The topological polar surface area (TPSA) is 192 Å². The zero-order chi connectivity index (χ0) is 48.7. The fraction of sp³-hybridized carbons (Fsp3) is 0.440. The highest BCUT2D eigenvalue weighted by atomic mass is 19.2. The number of rotatable bonds is 15. The maximum Gasteiger partial charge on any atom is 0.329 e. The van der Waals surface area contributed by atoms with Gasteiger partial charge in [-0.25, -0.2) is 13.6 Å². The first-order chi connectivity index (χ1) is 33.8. The van der Waals surface area contributed by atoms with Gasteiger partial charge in [-0.1, -0.05) is 23.4 Å². The maximum absolute atomic E-state index is 15.2. The Morgan fingerprint density at radius 2 is 1.63 bits per heavy atom. The summed E-state index contributed by atoms with van der Waals surface area (Å²) in [6, 6.07) is 16.3. The van der Waals surface area contributed by atoms with Gasteiger partial charge in [0.1, 0.15) is 24.1 Å². The number of fused-ring (bicyclic) bond motifs is 4. The number of carbonyl (C=O) groups is 3. The number of carbonyl (C=O) groups excluding carboxylic acids is 3. The molecule has 3 amide bonds. The number of amides is 3. The summed E-state index contributed by atoms with van der Waals surface area (Å²) >= 11 is 0. The number of piperidine rings is 1. The summed E-state index contributed by atoms with van der Waals surface area (Å²) in [5.41, 5.74) is 2.04. The molecule has 20 heteroatoms. The highest BCUT2D eigenvalue weighted by Gasteiger charge is 2.52. The molecule has 17 nitrogen and oxygen atoms in total. The summed E-state index contributed by atoms with van der Waals surface area (Å²) in [6.07, 6.45) is 6.68. The van der Waals surface area contributed by atoms with Crippen molar-refractivity contribution in [3.63, 3.8) is 0 Å². The monoisotopic (exact) mass is 962 g/mol. The van der Waals surface area contributed by atoms with Crippen molar-refractivity contribution in [3.8, 4) is 23.0 Å². The minimum atomic E-state index is -1.57. The molecular weight excluding hydrogens is 910 g/mol. The lowest BCUT2D eigenvalue weighted by molar-refractivity contribution is -0.135. The number of imidazole rings is 1. The van der Waals surface area contributed by atoms with E-state index in [4.69, 9.17) is 19.0 Å². The summed E-state index contributed by atoms with van der Waals surface area (Å²) in [7, 11) is 3.22. The first-order valence-corrected chi connectivity index (χ1v) is 23.7. The number of halogens is 3. The van der Waals surface area contributed by atoms with Crippen LogP contribution in [0.25, 0.3) is 22.6 Å². The van der Waals surface area contributed by atoms with Gasteiger partial charge in [-0.2, -0.15) is 9.37 Å². The Bertz CT molecular complexity index is 3000. The molecule has 3 aromatic carbocycles. The van der Waals surface area contributed by atoms with Crippen LogP contribution < -0.4 is 30.7 Å². The Balaban J connectivity index is 0.679. The van der Waals surface area contributed by atoms with Crippen molar-refractivity contribution in [3.05, 3.63) is 111 Å². The van der Waals surface area contributed by atoms with E-state index in [0.29, 0.717) is 46.7 Å². The molecule has 5 aliphatic rings. The molecule has 2 N–H and O–H groups in total. The number of aromatic nitrogens is 6. The number of piperazine rings is 1. The first kappa shape index (κ1) is 46.6. The van der Waals surface area contributed by atoms with Gasteiger partial charge in [0.25, 0.3) is 5.91 Å². The van der Waals surface area contributed by atoms with Gasteiger partial charge in [0.2, 0.25) is 29.3 Å². The van der Waals surface area contributed by atoms with E-state index in [0.717, 1.165) is 101 Å². The predicted octanol–water partition coefficient (Wildman–Crippen LogP) is 5.94. The Labute approximate surface area is 400 Å². The molecule has 1 unspecified atom stereocenters. The number of benzene rings is 3. The average molecular weight is 963 g/mol. The third-order valence-corrected chi connectivity index (χ3v) is 15.0. The van der Waals surface area contributed by atoms with Gasteiger partial charge in [-0.15, -0.1) is 10.2 Å². The van der Waals surface area contributed by atoms with Crippen molar-refractivity contribution in [2.24, 2.45) is 12.5 Å². The third-order valence-electron chi connectivity index (χ3n) is 15.0. The number of aryl methyl sites for hydroxylation is 2. The lowest BCUT2D eigenvalue weighted by atomic mass is 9.53. The van der Waals surface area contributed by atoms with Crippen LogP contribution in [-0.2, 0) is 35.1 Å². The number of nitrogens with one attached hydrogen (secondary N) is 2. The van der Waals surface area contributed by atoms with Crippen LogP contribution in [0.3, 0.4) is 0 Å². The quantitative estimate of drug-likeness (QED) is 0.0909. The number of hydrogen-bond acceptors (Lipinski definition) is 13. The molecule has 366 valence electrons. The zero-order valence-corrected chi connectivity index (χ0v) is 38.9. The lowest BCUT2D eigenvalue weighted by Gasteiger charge is -2.51. The first-order valence-electron chi connectivity index (χ1n) is 23.7. The van der Waals surface area contributed by atoms with Crippen molar-refractivity contribution in [1.29, 1.82) is 0 Å². The summed E-state index contributed by atoms with van der Waals surface area (Å²) in [5, 5.41) is 18.4. The van der Waals surface area contributed by atoms with Gasteiger partial charge in [-0.05, 0) is 123 Å². The molecule has 6 aromatic rings. The second-order valence-corrected chi connectivity index (χ2v) is 19.1. The van der Waals surface area contributed by atoms with E-state index in [1.54, 1.807) is 35.9 Å². The van der Waals surface area contributed by atoms with Gasteiger partial charge in [0.15, 0.2) is 23.2 Å². The number of ether oxygens (including phenoxy) is 2. The van der Waals surface area contributed by atoms with Gasteiger partial charge in [0, 0.05) is 51.6 Å². The molecule has 3 aliphatic carbocycles. The number of anilines is 1. The van der Waals surface area contributed by atoms with Crippen LogP contribution in [0, 0.1) is 22.9 Å². The molecule has 0 spiro atoms. The van der Waals surface area contributed by atoms with Crippen molar-refractivity contribution < 1.29 is 41.6 Å². The van der Waals surface area contributed by atoms with Crippen LogP contribution in [0.4, 0.5) is 19.0 Å². The third kappa shape index (κ3) is 8.99. The normalized spacial score (nSPS) is 21.6. The van der Waals surface area contributed by atoms with E-state index < -0.39 is 46.6 Å². The van der Waals surface area contributed by atoms with E-state index in [1.807, 2.05) is 30.3 Å². The fourth-order valence-corrected chi connectivity index (χ4v) is 10.6. The highest BCUT2D eigenvalue weighted by Crippen LogP contribution is 2.57. The van der Waals surface area contributed by atoms with Crippen LogP contribution in [0.2, 0.25) is 0 Å². The SMILES string of the molecule is COc1ccc(COc2c(F)cc(C(=O)NC[C@]34CC[C@](c5nc(-c6ccc(N7CCN(CCCc8ccc9c(c8)n(C)c(=O)n9C8CCC(=O)NC8=O)CC7)nn6)no5)(CC3)CC4)c(F)c2F)cc1. The Kier molecular flexibility index (Phi) is 12.7. The standard InChI is InChI=1S/C50H53F3N10O7/c1-60-38-26-30(7-11-36(38)63(48(60)67)37-12-14-40(64)55-46(37)66)4-3-21-61-22-24-62(25-23-61)39-13-10-35(57-58-39)44-56-47(70-59-44)50-18-15-49(16-19-50,17-20-50)29-54-45(65)33-27-34(51)43(42(53)41(33)52)69-28-31-5-8-32(68-2)9-6-31/h5-11,13,26-27,37H,3-4,12,14-25,28-29H2,1-2H3,(H,54,65)(H,55,64,66)/t37?,49-,50+. The Morgan fingerprint density at radius 3 is 2.33 bits per heavy atom. The summed E-state index contributed by atoms with van der Waals surface area (Å²) in [6.45, 7) is 4.24. The van der Waals surface area contributed by atoms with E-state index in [9.17, 15) is 19.2 Å². The number of nitrogens with zero attached hydrogens (tertiary/aromatic N) is 8. The van der Waals surface area contributed by atoms with Gasteiger partial charge in [-0.3, -0.25) is 33.7 Å². The number of imide groups is 1. The molecule has 3 aromatic heterocycles. The van der Waals surface area contributed by atoms with E-state index in [1.165, 1.54) is 11.7 Å². The lowest BCUT2D eigenvalue weighted by Crippen LogP contribution is -2.49. The van der Waals surface area contributed by atoms with E-state index >= 15 is 13.2 Å². The van der Waals surface area contributed by atoms with Crippen LogP contribution in [0.1, 0.15) is 91.2 Å². The summed E-state index contributed by atoms with van der Waals surface area (Å²) in [5.74, 6) is -4.51. The minimum absolute atomic E-state index is 0.198. The van der Waals surface area contributed by atoms with Crippen LogP contribution in [0.5, 0.6) is 11.5 Å². The maximum atomic E-state index is 15.2.